The van der Waals surface area contributed by atoms with Crippen molar-refractivity contribution in [1.82, 2.24) is 5.32 Å². The molecule has 1 aromatic rings. The zero-order valence-electron chi connectivity index (χ0n) is 10.7. The predicted octanol–water partition coefficient (Wildman–Crippen LogP) is 2.95. The van der Waals surface area contributed by atoms with Crippen molar-refractivity contribution in [3.8, 4) is 0 Å². The predicted molar refractivity (Wildman–Crippen MR) is 71.0 cm³/mol. The number of hydrogen-bond acceptors (Lipinski definition) is 2. The lowest BCUT2D eigenvalue weighted by atomic mass is 9.95. The summed E-state index contributed by atoms with van der Waals surface area (Å²) < 4.78 is 0. The minimum atomic E-state index is -0.377. The maximum atomic E-state index is 10.1. The van der Waals surface area contributed by atoms with Crippen LogP contribution in [0.2, 0.25) is 0 Å². The highest BCUT2D eigenvalue weighted by molar-refractivity contribution is 5.23. The van der Waals surface area contributed by atoms with Crippen LogP contribution >= 0.6 is 0 Å². The first-order valence-corrected chi connectivity index (χ1v) is 6.74. The van der Waals surface area contributed by atoms with Gasteiger partial charge in [0.05, 0.1) is 6.10 Å². The fourth-order valence-corrected chi connectivity index (χ4v) is 2.49. The van der Waals surface area contributed by atoms with E-state index in [4.69, 9.17) is 0 Å². The molecule has 1 fully saturated rings. The van der Waals surface area contributed by atoms with Crippen LogP contribution in [-0.2, 0) is 0 Å². The third-order valence-electron chi connectivity index (χ3n) is 3.67. The largest absolute Gasteiger partial charge is 0.387 e. The van der Waals surface area contributed by atoms with Gasteiger partial charge in [-0.05, 0) is 25.3 Å². The minimum Gasteiger partial charge on any atom is -0.387 e. The van der Waals surface area contributed by atoms with Crippen molar-refractivity contribution in [2.24, 2.45) is 0 Å². The molecule has 0 unspecified atom stereocenters. The molecule has 0 amide bonds. The lowest BCUT2D eigenvalue weighted by Gasteiger charge is -2.24. The van der Waals surface area contributed by atoms with E-state index in [1.54, 1.807) is 0 Å². The summed E-state index contributed by atoms with van der Waals surface area (Å²) >= 11 is 0. The van der Waals surface area contributed by atoms with Crippen molar-refractivity contribution in [3.05, 3.63) is 35.4 Å². The lowest BCUT2D eigenvalue weighted by molar-refractivity contribution is 0.165. The molecule has 1 aromatic carbocycles. The van der Waals surface area contributed by atoms with Gasteiger partial charge >= 0.3 is 0 Å². The van der Waals surface area contributed by atoms with E-state index in [0.29, 0.717) is 12.6 Å². The van der Waals surface area contributed by atoms with Crippen LogP contribution in [-0.4, -0.2) is 17.7 Å². The Balaban J connectivity index is 1.80. The van der Waals surface area contributed by atoms with Crippen LogP contribution in [0.1, 0.15) is 49.3 Å². The molecule has 0 spiro atoms. The van der Waals surface area contributed by atoms with Crippen molar-refractivity contribution in [1.29, 1.82) is 0 Å². The second kappa shape index (κ2) is 6.18. The van der Waals surface area contributed by atoms with Gasteiger partial charge in [-0.3, -0.25) is 0 Å². The summed E-state index contributed by atoms with van der Waals surface area (Å²) in [5.41, 5.74) is 2.25. The maximum Gasteiger partial charge on any atom is 0.0914 e. The standard InChI is InChI=1S/C15H23NO/c1-12-7-9-13(10-8-12)15(17)11-16-14-5-3-2-4-6-14/h7-10,14-17H,2-6,11H2,1H3/t15-/m1/s1. The first-order valence-electron chi connectivity index (χ1n) is 6.74. The summed E-state index contributed by atoms with van der Waals surface area (Å²) in [5.74, 6) is 0. The summed E-state index contributed by atoms with van der Waals surface area (Å²) in [6.45, 7) is 2.74. The van der Waals surface area contributed by atoms with E-state index in [1.807, 2.05) is 12.1 Å². The van der Waals surface area contributed by atoms with Crippen LogP contribution in [0.3, 0.4) is 0 Å². The molecule has 0 bridgehead atoms. The molecule has 1 atom stereocenters. The molecule has 2 nitrogen and oxygen atoms in total. The highest BCUT2D eigenvalue weighted by atomic mass is 16.3. The van der Waals surface area contributed by atoms with Crippen molar-refractivity contribution in [3.63, 3.8) is 0 Å². The van der Waals surface area contributed by atoms with E-state index >= 15 is 0 Å². The fraction of sp³-hybridized carbons (Fsp3) is 0.600. The van der Waals surface area contributed by atoms with Crippen molar-refractivity contribution < 1.29 is 5.11 Å². The van der Waals surface area contributed by atoms with Crippen LogP contribution in [0.5, 0.6) is 0 Å². The molecule has 1 saturated carbocycles. The number of benzene rings is 1. The zero-order valence-corrected chi connectivity index (χ0v) is 10.7. The Morgan fingerprint density at radius 1 is 1.18 bits per heavy atom. The van der Waals surface area contributed by atoms with Gasteiger partial charge in [-0.2, -0.15) is 0 Å². The molecule has 94 valence electrons. The van der Waals surface area contributed by atoms with Crippen molar-refractivity contribution in [2.45, 2.75) is 51.2 Å². The Morgan fingerprint density at radius 3 is 2.47 bits per heavy atom. The quantitative estimate of drug-likeness (QED) is 0.838. The van der Waals surface area contributed by atoms with Gasteiger partial charge in [-0.1, -0.05) is 49.1 Å². The third kappa shape index (κ3) is 3.83. The van der Waals surface area contributed by atoms with E-state index in [2.05, 4.69) is 24.4 Å². The van der Waals surface area contributed by atoms with Crippen LogP contribution in [0.15, 0.2) is 24.3 Å². The molecule has 17 heavy (non-hydrogen) atoms. The zero-order chi connectivity index (χ0) is 12.1. The Morgan fingerprint density at radius 2 is 1.82 bits per heavy atom. The molecule has 0 aliphatic heterocycles. The molecule has 0 radical (unpaired) electrons. The number of rotatable bonds is 4. The Bertz CT molecular complexity index is 327. The van der Waals surface area contributed by atoms with Gasteiger partial charge in [-0.15, -0.1) is 0 Å². The summed E-state index contributed by atoms with van der Waals surface area (Å²) in [7, 11) is 0. The number of aliphatic hydroxyl groups excluding tert-OH is 1. The highest BCUT2D eigenvalue weighted by Gasteiger charge is 2.14. The van der Waals surface area contributed by atoms with E-state index in [-0.39, 0.29) is 6.10 Å². The molecule has 1 aliphatic rings. The van der Waals surface area contributed by atoms with Crippen LogP contribution < -0.4 is 5.32 Å². The second-order valence-corrected chi connectivity index (χ2v) is 5.17. The van der Waals surface area contributed by atoms with Crippen LogP contribution in [0.4, 0.5) is 0 Å². The van der Waals surface area contributed by atoms with Crippen molar-refractivity contribution in [2.75, 3.05) is 6.54 Å². The molecule has 0 aromatic heterocycles. The monoisotopic (exact) mass is 233 g/mol. The maximum absolute atomic E-state index is 10.1. The topological polar surface area (TPSA) is 32.3 Å². The number of hydrogen-bond donors (Lipinski definition) is 2. The SMILES string of the molecule is Cc1ccc([C@H](O)CNC2CCCCC2)cc1. The normalized spacial score (nSPS) is 19.2. The summed E-state index contributed by atoms with van der Waals surface area (Å²) in [6.07, 6.45) is 6.19. The second-order valence-electron chi connectivity index (χ2n) is 5.17. The summed E-state index contributed by atoms with van der Waals surface area (Å²) in [6, 6.07) is 8.76. The molecule has 2 heteroatoms. The van der Waals surface area contributed by atoms with Gasteiger partial charge in [0.15, 0.2) is 0 Å². The highest BCUT2D eigenvalue weighted by Crippen LogP contribution is 2.19. The van der Waals surface area contributed by atoms with Crippen LogP contribution in [0.25, 0.3) is 0 Å². The number of aryl methyl sites for hydroxylation is 1. The van der Waals surface area contributed by atoms with Gasteiger partial charge in [0.2, 0.25) is 0 Å². The van der Waals surface area contributed by atoms with Gasteiger partial charge in [-0.25, -0.2) is 0 Å². The third-order valence-corrected chi connectivity index (χ3v) is 3.67. The lowest BCUT2D eigenvalue weighted by Crippen LogP contribution is -2.34. The first-order chi connectivity index (χ1) is 8.25. The molecule has 1 aliphatic carbocycles. The number of aliphatic hydroxyl groups is 1. The smallest absolute Gasteiger partial charge is 0.0914 e. The minimum absolute atomic E-state index is 0.377. The van der Waals surface area contributed by atoms with E-state index in [0.717, 1.165) is 5.56 Å². The van der Waals surface area contributed by atoms with E-state index < -0.39 is 0 Å². The Kier molecular flexibility index (Phi) is 4.57. The summed E-state index contributed by atoms with van der Waals surface area (Å²) in [5, 5.41) is 13.6. The number of nitrogens with one attached hydrogen (secondary N) is 1. The van der Waals surface area contributed by atoms with Crippen molar-refractivity contribution >= 4 is 0 Å². The molecule has 2 rings (SSSR count). The van der Waals surface area contributed by atoms with Crippen LogP contribution in [0, 0.1) is 6.92 Å². The average Bonchev–Trinajstić information content (AvgIpc) is 2.38. The molecule has 0 saturated heterocycles. The molecule has 0 heterocycles. The Hall–Kier alpha value is -0.860. The van der Waals surface area contributed by atoms with Gasteiger partial charge < -0.3 is 10.4 Å². The molecular weight excluding hydrogens is 210 g/mol. The molecular formula is C15H23NO. The van der Waals surface area contributed by atoms with E-state index in [1.165, 1.54) is 37.7 Å². The first kappa shape index (κ1) is 12.6. The average molecular weight is 233 g/mol. The Labute approximate surface area is 104 Å². The fourth-order valence-electron chi connectivity index (χ4n) is 2.49. The summed E-state index contributed by atoms with van der Waals surface area (Å²) in [4.78, 5) is 0. The molecule has 2 N–H and O–H groups in total. The van der Waals surface area contributed by atoms with E-state index in [9.17, 15) is 5.11 Å². The van der Waals surface area contributed by atoms with Gasteiger partial charge in [0, 0.05) is 12.6 Å². The van der Waals surface area contributed by atoms with Gasteiger partial charge in [0.1, 0.15) is 0 Å². The van der Waals surface area contributed by atoms with Gasteiger partial charge in [0.25, 0.3) is 0 Å².